The Labute approximate surface area is 329 Å². The van der Waals surface area contributed by atoms with Crippen molar-refractivity contribution in [3.8, 4) is 33.9 Å². The van der Waals surface area contributed by atoms with Crippen LogP contribution in [-0.4, -0.2) is 9.97 Å². The van der Waals surface area contributed by atoms with Crippen LogP contribution in [0.15, 0.2) is 162 Å². The van der Waals surface area contributed by atoms with Crippen LogP contribution in [0.4, 0.5) is 0 Å². The molecule has 5 heteroatoms. The van der Waals surface area contributed by atoms with Gasteiger partial charge >= 0.3 is 21.1 Å². The standard InChI is InChI=1S/C48H34N2OS.Pt/c1-31-25-32(2)46(33(3)26-31)35-27-36(47-40-16-5-4-13-34(40)22-24-50-47)29-39(28-35)51-38-15-12-14-37(30-38)48(45-21-10-11-23-49-45)41-17-6-8-19-43(41)52-44-20-9-7-18-42(44)48;/h4-28H,1-3H3;/q-2;+2. The Morgan fingerprint density at radius 2 is 1.30 bits per heavy atom. The number of hydrogen-bond acceptors (Lipinski definition) is 4. The number of benzene rings is 6. The van der Waals surface area contributed by atoms with E-state index in [1.54, 1.807) is 11.8 Å². The molecule has 8 aromatic rings. The van der Waals surface area contributed by atoms with Crippen LogP contribution in [0.25, 0.3) is 33.2 Å². The molecule has 1 aliphatic rings. The minimum absolute atomic E-state index is 0. The third-order valence-electron chi connectivity index (χ3n) is 9.98. The quantitative estimate of drug-likeness (QED) is 0.156. The smallest absolute Gasteiger partial charge is 0.503 e. The summed E-state index contributed by atoms with van der Waals surface area (Å²) in [6.07, 6.45) is 3.75. The van der Waals surface area contributed by atoms with Crippen molar-refractivity contribution in [2.45, 2.75) is 36.0 Å². The first-order chi connectivity index (χ1) is 25.5. The fraction of sp³-hybridized carbons (Fsp3) is 0.0833. The topological polar surface area (TPSA) is 35.0 Å². The molecule has 0 unspecified atom stereocenters. The summed E-state index contributed by atoms with van der Waals surface area (Å²) in [7, 11) is 0. The molecule has 0 saturated carbocycles. The predicted molar refractivity (Wildman–Crippen MR) is 211 cm³/mol. The van der Waals surface area contributed by atoms with Crippen molar-refractivity contribution in [1.29, 1.82) is 0 Å². The van der Waals surface area contributed by atoms with Gasteiger partial charge in [-0.25, -0.2) is 0 Å². The molecule has 0 saturated heterocycles. The first-order valence-corrected chi connectivity index (χ1v) is 18.3. The average molecular weight is 882 g/mol. The number of pyridine rings is 2. The summed E-state index contributed by atoms with van der Waals surface area (Å²) in [4.78, 5) is 12.3. The van der Waals surface area contributed by atoms with Gasteiger partial charge in [0.1, 0.15) is 0 Å². The van der Waals surface area contributed by atoms with Gasteiger partial charge in [0.2, 0.25) is 0 Å². The Morgan fingerprint density at radius 1 is 0.604 bits per heavy atom. The van der Waals surface area contributed by atoms with Gasteiger partial charge in [0.15, 0.2) is 0 Å². The fourth-order valence-electron chi connectivity index (χ4n) is 7.97. The van der Waals surface area contributed by atoms with E-state index < -0.39 is 5.41 Å². The average Bonchev–Trinajstić information content (AvgIpc) is 3.17. The van der Waals surface area contributed by atoms with E-state index in [4.69, 9.17) is 14.7 Å². The summed E-state index contributed by atoms with van der Waals surface area (Å²) < 4.78 is 6.84. The van der Waals surface area contributed by atoms with E-state index in [1.807, 2.05) is 30.6 Å². The predicted octanol–water partition coefficient (Wildman–Crippen LogP) is 12.1. The van der Waals surface area contributed by atoms with E-state index in [-0.39, 0.29) is 21.1 Å². The van der Waals surface area contributed by atoms with Crippen molar-refractivity contribution in [2.75, 3.05) is 0 Å². The van der Waals surface area contributed by atoms with Crippen LogP contribution in [0.1, 0.15) is 39.1 Å². The Kier molecular flexibility index (Phi) is 9.37. The first kappa shape index (κ1) is 34.8. The first-order valence-electron chi connectivity index (χ1n) is 17.5. The van der Waals surface area contributed by atoms with E-state index in [0.29, 0.717) is 11.5 Å². The molecule has 258 valence electrons. The largest absolute Gasteiger partial charge is 2.00 e. The van der Waals surface area contributed by atoms with Gasteiger partial charge in [-0.05, 0) is 95.4 Å². The summed E-state index contributed by atoms with van der Waals surface area (Å²) in [5, 5.41) is 2.20. The molecule has 0 N–H and O–H groups in total. The van der Waals surface area contributed by atoms with Crippen molar-refractivity contribution in [3.63, 3.8) is 0 Å². The second-order valence-corrected chi connectivity index (χ2v) is 14.5. The molecule has 0 aliphatic carbocycles. The zero-order chi connectivity index (χ0) is 35.2. The molecule has 0 bridgehead atoms. The maximum atomic E-state index is 6.84. The Hall–Kier alpha value is -5.28. The van der Waals surface area contributed by atoms with E-state index in [2.05, 4.69) is 154 Å². The van der Waals surface area contributed by atoms with Gasteiger partial charge in [-0.15, -0.1) is 29.3 Å². The summed E-state index contributed by atoms with van der Waals surface area (Å²) in [5.74, 6) is 1.20. The Morgan fingerprint density at radius 3 is 2.04 bits per heavy atom. The number of aryl methyl sites for hydroxylation is 3. The monoisotopic (exact) mass is 881 g/mol. The molecule has 2 aromatic heterocycles. The van der Waals surface area contributed by atoms with Crippen LogP contribution in [0.5, 0.6) is 11.5 Å². The van der Waals surface area contributed by atoms with Gasteiger partial charge < -0.3 is 9.72 Å². The molecule has 53 heavy (non-hydrogen) atoms. The molecule has 6 aromatic carbocycles. The third-order valence-corrected chi connectivity index (χ3v) is 11.1. The van der Waals surface area contributed by atoms with E-state index >= 15 is 0 Å². The molecule has 3 nitrogen and oxygen atoms in total. The molecule has 0 radical (unpaired) electrons. The number of nitrogens with zero attached hydrogens (tertiary/aromatic N) is 2. The number of hydrogen-bond donors (Lipinski definition) is 0. The van der Waals surface area contributed by atoms with Crippen LogP contribution in [0, 0.1) is 32.9 Å². The van der Waals surface area contributed by atoms with Gasteiger partial charge in [-0.2, -0.15) is 12.1 Å². The van der Waals surface area contributed by atoms with E-state index in [9.17, 15) is 0 Å². The maximum Gasteiger partial charge on any atom is 2.00 e. The maximum absolute atomic E-state index is 6.84. The van der Waals surface area contributed by atoms with Crippen molar-refractivity contribution in [1.82, 2.24) is 9.97 Å². The van der Waals surface area contributed by atoms with Crippen molar-refractivity contribution in [2.24, 2.45) is 0 Å². The van der Waals surface area contributed by atoms with Crippen LogP contribution >= 0.6 is 11.8 Å². The second-order valence-electron chi connectivity index (χ2n) is 13.4. The summed E-state index contributed by atoms with van der Waals surface area (Å²) in [6, 6.07) is 56.2. The number of rotatable bonds is 6. The van der Waals surface area contributed by atoms with Gasteiger partial charge in [0.25, 0.3) is 0 Å². The molecule has 1 aliphatic heterocycles. The number of fused-ring (bicyclic) bond motifs is 3. The molecular weight excluding hydrogens is 848 g/mol. The van der Waals surface area contributed by atoms with Crippen molar-refractivity contribution in [3.05, 3.63) is 203 Å². The van der Waals surface area contributed by atoms with E-state index in [1.165, 1.54) is 43.2 Å². The summed E-state index contributed by atoms with van der Waals surface area (Å²) in [6.45, 7) is 6.49. The van der Waals surface area contributed by atoms with Crippen LogP contribution in [0.2, 0.25) is 0 Å². The minimum atomic E-state index is -0.710. The molecule has 3 heterocycles. The van der Waals surface area contributed by atoms with Gasteiger partial charge in [0.05, 0.1) is 11.1 Å². The Balaban J connectivity index is 0.00000400. The SMILES string of the molecule is Cc1cc(C)c(-c2cc(Oc3[c-]c(C4(c5ccccn5)c5ccccc5Sc5ccccc54)ccc3)[c-]c(-c3nccc4ccccc34)c2)c(C)c1.[Pt+2]. The van der Waals surface area contributed by atoms with Crippen molar-refractivity contribution < 1.29 is 25.8 Å². The fourth-order valence-corrected chi connectivity index (χ4v) is 9.16. The molecular formula is C48H34N2OPtS. The van der Waals surface area contributed by atoms with Gasteiger partial charge in [-0.1, -0.05) is 114 Å². The van der Waals surface area contributed by atoms with Crippen molar-refractivity contribution >= 4 is 22.5 Å². The molecule has 0 atom stereocenters. The molecule has 0 amide bonds. The second kappa shape index (κ2) is 14.3. The zero-order valence-corrected chi connectivity index (χ0v) is 32.5. The van der Waals surface area contributed by atoms with Crippen LogP contribution < -0.4 is 4.74 Å². The molecule has 9 rings (SSSR count). The zero-order valence-electron chi connectivity index (χ0n) is 29.5. The van der Waals surface area contributed by atoms with Gasteiger partial charge in [0, 0.05) is 33.7 Å². The van der Waals surface area contributed by atoms with Crippen LogP contribution in [0.3, 0.4) is 0 Å². The summed E-state index contributed by atoms with van der Waals surface area (Å²) in [5.41, 5.74) is 11.2. The molecule has 0 fully saturated rings. The van der Waals surface area contributed by atoms with Crippen LogP contribution in [-0.2, 0) is 26.5 Å². The van der Waals surface area contributed by atoms with E-state index in [0.717, 1.165) is 38.9 Å². The third kappa shape index (κ3) is 6.10. The molecule has 0 spiro atoms. The summed E-state index contributed by atoms with van der Waals surface area (Å²) >= 11 is 1.80. The number of aromatic nitrogens is 2. The minimum Gasteiger partial charge on any atom is -0.503 e. The number of ether oxygens (including phenoxy) is 1. The van der Waals surface area contributed by atoms with Gasteiger partial charge in [-0.3, -0.25) is 4.98 Å². The Bertz CT molecular complexity index is 2560. The normalized spacial score (nSPS) is 12.7.